The van der Waals surface area contributed by atoms with Gasteiger partial charge in [0.2, 0.25) is 0 Å². The predicted octanol–water partition coefficient (Wildman–Crippen LogP) is 0.811. The SMILES string of the molecule is CNCC(O)COC(Cc1cnn(C)c1)C(=O)c1ccccc1. The molecule has 2 unspecified atom stereocenters. The quantitative estimate of drug-likeness (QED) is 0.669. The van der Waals surface area contributed by atoms with Crippen molar-refractivity contribution in [2.75, 3.05) is 20.2 Å². The van der Waals surface area contributed by atoms with Gasteiger partial charge in [-0.1, -0.05) is 30.3 Å². The number of aryl methyl sites for hydroxylation is 1. The molecule has 2 N–H and O–H groups in total. The number of hydrogen-bond acceptors (Lipinski definition) is 5. The van der Waals surface area contributed by atoms with Crippen LogP contribution in [0.4, 0.5) is 0 Å². The molecule has 0 aliphatic heterocycles. The van der Waals surface area contributed by atoms with E-state index in [0.717, 1.165) is 5.56 Å². The Morgan fingerprint density at radius 2 is 2.13 bits per heavy atom. The highest BCUT2D eigenvalue weighted by molar-refractivity contribution is 5.99. The van der Waals surface area contributed by atoms with Crippen LogP contribution in [0.2, 0.25) is 0 Å². The lowest BCUT2D eigenvalue weighted by molar-refractivity contribution is -0.00117. The van der Waals surface area contributed by atoms with Gasteiger partial charge in [-0.15, -0.1) is 0 Å². The molecule has 0 bridgehead atoms. The molecule has 0 saturated heterocycles. The van der Waals surface area contributed by atoms with E-state index >= 15 is 0 Å². The minimum absolute atomic E-state index is 0.0916. The molecule has 1 aromatic carbocycles. The van der Waals surface area contributed by atoms with Crippen molar-refractivity contribution < 1.29 is 14.6 Å². The molecule has 1 heterocycles. The summed E-state index contributed by atoms with van der Waals surface area (Å²) in [6.07, 6.45) is 2.71. The van der Waals surface area contributed by atoms with E-state index in [4.69, 9.17) is 4.74 Å². The van der Waals surface area contributed by atoms with Crippen LogP contribution < -0.4 is 5.32 Å². The van der Waals surface area contributed by atoms with Crippen LogP contribution in [0, 0.1) is 0 Å². The Kier molecular flexibility index (Phi) is 6.46. The van der Waals surface area contributed by atoms with Crippen LogP contribution in [-0.2, 0) is 18.2 Å². The number of ether oxygens (including phenoxy) is 1. The van der Waals surface area contributed by atoms with E-state index in [9.17, 15) is 9.90 Å². The molecule has 0 aliphatic rings. The average molecular weight is 317 g/mol. The van der Waals surface area contributed by atoms with Gasteiger partial charge in [-0.3, -0.25) is 9.48 Å². The summed E-state index contributed by atoms with van der Waals surface area (Å²) in [7, 11) is 3.58. The first-order valence-corrected chi connectivity index (χ1v) is 7.61. The second-order valence-electron chi connectivity index (χ2n) is 5.49. The van der Waals surface area contributed by atoms with Crippen LogP contribution in [0.15, 0.2) is 42.7 Å². The summed E-state index contributed by atoms with van der Waals surface area (Å²) < 4.78 is 7.40. The van der Waals surface area contributed by atoms with Gasteiger partial charge in [-0.25, -0.2) is 0 Å². The zero-order chi connectivity index (χ0) is 16.7. The minimum Gasteiger partial charge on any atom is -0.389 e. The molecule has 0 radical (unpaired) electrons. The van der Waals surface area contributed by atoms with Crippen LogP contribution in [-0.4, -0.2) is 53.1 Å². The average Bonchev–Trinajstić information content (AvgIpc) is 2.97. The lowest BCUT2D eigenvalue weighted by atomic mass is 10.0. The van der Waals surface area contributed by atoms with E-state index in [1.54, 1.807) is 30.1 Å². The largest absolute Gasteiger partial charge is 0.389 e. The van der Waals surface area contributed by atoms with E-state index < -0.39 is 12.2 Å². The van der Waals surface area contributed by atoms with Gasteiger partial charge in [0.1, 0.15) is 6.10 Å². The van der Waals surface area contributed by atoms with Gasteiger partial charge in [0, 0.05) is 31.8 Å². The third kappa shape index (κ3) is 5.28. The summed E-state index contributed by atoms with van der Waals surface area (Å²) in [6.45, 7) is 0.517. The Morgan fingerprint density at radius 3 is 2.74 bits per heavy atom. The van der Waals surface area contributed by atoms with Gasteiger partial charge in [0.05, 0.1) is 18.9 Å². The standard InChI is InChI=1S/C17H23N3O3/c1-18-10-15(21)12-23-16(8-13-9-19-20(2)11-13)17(22)14-6-4-3-5-7-14/h3-7,9,11,15-16,18,21H,8,10,12H2,1-2H3. The van der Waals surface area contributed by atoms with E-state index in [-0.39, 0.29) is 12.4 Å². The Bertz CT molecular complexity index is 613. The van der Waals surface area contributed by atoms with Gasteiger partial charge in [0.25, 0.3) is 0 Å². The van der Waals surface area contributed by atoms with Crippen molar-refractivity contribution >= 4 is 5.78 Å². The highest BCUT2D eigenvalue weighted by Crippen LogP contribution is 2.12. The van der Waals surface area contributed by atoms with Gasteiger partial charge in [0.15, 0.2) is 5.78 Å². The third-order valence-corrected chi connectivity index (χ3v) is 3.46. The number of aliphatic hydroxyl groups is 1. The number of aliphatic hydroxyl groups excluding tert-OH is 1. The summed E-state index contributed by atoms with van der Waals surface area (Å²) in [6, 6.07) is 9.05. The lowest BCUT2D eigenvalue weighted by Crippen LogP contribution is -2.34. The molecule has 1 aromatic heterocycles. The van der Waals surface area contributed by atoms with Crippen molar-refractivity contribution in [1.29, 1.82) is 0 Å². The number of hydrogen-bond donors (Lipinski definition) is 2. The topological polar surface area (TPSA) is 76.4 Å². The summed E-state index contributed by atoms with van der Waals surface area (Å²) in [5.41, 5.74) is 1.52. The van der Waals surface area contributed by atoms with Crippen molar-refractivity contribution in [2.24, 2.45) is 7.05 Å². The van der Waals surface area contributed by atoms with Crippen molar-refractivity contribution in [3.05, 3.63) is 53.9 Å². The Balaban J connectivity index is 2.08. The molecule has 23 heavy (non-hydrogen) atoms. The highest BCUT2D eigenvalue weighted by atomic mass is 16.5. The third-order valence-electron chi connectivity index (χ3n) is 3.46. The summed E-state index contributed by atoms with van der Waals surface area (Å²) >= 11 is 0. The number of rotatable bonds is 9. The van der Waals surface area contributed by atoms with Gasteiger partial charge >= 0.3 is 0 Å². The number of aromatic nitrogens is 2. The molecule has 6 heteroatoms. The molecular weight excluding hydrogens is 294 g/mol. The number of likely N-dealkylation sites (N-methyl/N-ethyl adjacent to an activating group) is 1. The maximum Gasteiger partial charge on any atom is 0.191 e. The van der Waals surface area contributed by atoms with Crippen molar-refractivity contribution in [2.45, 2.75) is 18.6 Å². The van der Waals surface area contributed by atoms with E-state index in [2.05, 4.69) is 10.4 Å². The smallest absolute Gasteiger partial charge is 0.191 e. The molecule has 0 spiro atoms. The normalized spacial score (nSPS) is 13.7. The first kappa shape index (κ1) is 17.3. The summed E-state index contributed by atoms with van der Waals surface area (Å²) in [5.74, 6) is -0.0916. The van der Waals surface area contributed by atoms with Crippen molar-refractivity contribution in [3.63, 3.8) is 0 Å². The molecule has 2 rings (SSSR count). The molecule has 0 aliphatic carbocycles. The Morgan fingerprint density at radius 1 is 1.39 bits per heavy atom. The minimum atomic E-state index is -0.653. The van der Waals surface area contributed by atoms with Crippen molar-refractivity contribution in [1.82, 2.24) is 15.1 Å². The Labute approximate surface area is 136 Å². The maximum atomic E-state index is 12.7. The zero-order valence-electron chi connectivity index (χ0n) is 13.5. The molecule has 0 saturated carbocycles. The van der Waals surface area contributed by atoms with E-state index in [1.807, 2.05) is 31.4 Å². The molecule has 6 nitrogen and oxygen atoms in total. The predicted molar refractivity (Wildman–Crippen MR) is 87.4 cm³/mol. The van der Waals surface area contributed by atoms with Crippen molar-refractivity contribution in [3.8, 4) is 0 Å². The molecule has 2 aromatic rings. The van der Waals surface area contributed by atoms with Gasteiger partial charge in [-0.2, -0.15) is 5.10 Å². The van der Waals surface area contributed by atoms with E-state index in [1.165, 1.54) is 0 Å². The fraction of sp³-hybridized carbons (Fsp3) is 0.412. The van der Waals surface area contributed by atoms with Crippen LogP contribution in [0.3, 0.4) is 0 Å². The summed E-state index contributed by atoms with van der Waals surface area (Å²) in [5, 5.41) is 16.8. The number of ketones is 1. The number of nitrogens with zero attached hydrogens (tertiary/aromatic N) is 2. The molecular formula is C17H23N3O3. The van der Waals surface area contributed by atoms with Crippen LogP contribution in [0.1, 0.15) is 15.9 Å². The number of carbonyl (C=O) groups excluding carboxylic acids is 1. The number of benzene rings is 1. The Hall–Kier alpha value is -2.02. The van der Waals surface area contributed by atoms with Gasteiger partial charge in [-0.05, 0) is 12.6 Å². The first-order chi connectivity index (χ1) is 11.1. The number of Topliss-reactive ketones (excluding diaryl/α,β-unsaturated/α-hetero) is 1. The molecule has 0 fully saturated rings. The zero-order valence-corrected chi connectivity index (χ0v) is 13.5. The van der Waals surface area contributed by atoms with Gasteiger partial charge < -0.3 is 15.2 Å². The second-order valence-corrected chi connectivity index (χ2v) is 5.49. The first-order valence-electron chi connectivity index (χ1n) is 7.61. The number of nitrogens with one attached hydrogen (secondary N) is 1. The maximum absolute atomic E-state index is 12.7. The number of carbonyl (C=O) groups is 1. The van der Waals surface area contributed by atoms with Crippen LogP contribution >= 0.6 is 0 Å². The van der Waals surface area contributed by atoms with E-state index in [0.29, 0.717) is 18.5 Å². The second kappa shape index (κ2) is 8.57. The lowest BCUT2D eigenvalue weighted by Gasteiger charge is -2.19. The molecule has 2 atom stereocenters. The van der Waals surface area contributed by atoms with Crippen LogP contribution in [0.25, 0.3) is 0 Å². The highest BCUT2D eigenvalue weighted by Gasteiger charge is 2.23. The van der Waals surface area contributed by atoms with Crippen LogP contribution in [0.5, 0.6) is 0 Å². The fourth-order valence-electron chi connectivity index (χ4n) is 2.33. The molecule has 0 amide bonds. The fourth-order valence-corrected chi connectivity index (χ4v) is 2.33. The monoisotopic (exact) mass is 317 g/mol. The molecule has 124 valence electrons. The summed E-state index contributed by atoms with van der Waals surface area (Å²) in [4.78, 5) is 12.7.